The molecule has 0 unspecified atom stereocenters. The molecule has 138 valence electrons. The van der Waals surface area contributed by atoms with Gasteiger partial charge in [0.25, 0.3) is 0 Å². The molecule has 0 spiro atoms. The number of rotatable bonds is 6. The van der Waals surface area contributed by atoms with Crippen LogP contribution >= 0.6 is 0 Å². The molecular weight excluding hydrogens is 314 g/mol. The van der Waals surface area contributed by atoms with Crippen LogP contribution in [-0.4, -0.2) is 49.8 Å². The van der Waals surface area contributed by atoms with Gasteiger partial charge in [-0.25, -0.2) is 4.79 Å². The molecular formula is C20H31N3O2. The van der Waals surface area contributed by atoms with Gasteiger partial charge >= 0.3 is 6.03 Å². The zero-order chi connectivity index (χ0) is 17.8. The van der Waals surface area contributed by atoms with E-state index in [9.17, 15) is 4.79 Å². The maximum Gasteiger partial charge on any atom is 0.321 e. The lowest BCUT2D eigenvalue weighted by Gasteiger charge is -2.32. The van der Waals surface area contributed by atoms with Crippen LogP contribution in [0.1, 0.15) is 39.5 Å². The number of ether oxygens (including phenoxy) is 1. The lowest BCUT2D eigenvalue weighted by atomic mass is 10.1. The topological polar surface area (TPSA) is 44.8 Å². The third kappa shape index (κ3) is 5.11. The van der Waals surface area contributed by atoms with E-state index in [4.69, 9.17) is 4.74 Å². The van der Waals surface area contributed by atoms with Gasteiger partial charge in [-0.2, -0.15) is 0 Å². The molecule has 1 aliphatic carbocycles. The molecule has 0 aromatic heterocycles. The van der Waals surface area contributed by atoms with Crippen molar-refractivity contribution in [2.45, 2.75) is 51.7 Å². The molecule has 1 saturated carbocycles. The van der Waals surface area contributed by atoms with Crippen molar-refractivity contribution in [2.24, 2.45) is 5.92 Å². The zero-order valence-electron chi connectivity index (χ0n) is 15.7. The van der Waals surface area contributed by atoms with Gasteiger partial charge in [0, 0.05) is 44.2 Å². The van der Waals surface area contributed by atoms with Gasteiger partial charge in [-0.3, -0.25) is 0 Å². The number of likely N-dealkylation sites (tertiary alicyclic amines) is 1. The van der Waals surface area contributed by atoms with E-state index in [1.807, 2.05) is 23.1 Å². The number of hydrogen-bond acceptors (Lipinski definition) is 3. The van der Waals surface area contributed by atoms with Crippen molar-refractivity contribution < 1.29 is 9.53 Å². The summed E-state index contributed by atoms with van der Waals surface area (Å²) >= 11 is 0. The van der Waals surface area contributed by atoms with Crippen molar-refractivity contribution in [3.05, 3.63) is 24.3 Å². The lowest BCUT2D eigenvalue weighted by molar-refractivity contribution is 0.0105. The number of nitrogens with zero attached hydrogens (tertiary/aromatic N) is 2. The molecule has 1 aromatic carbocycles. The Morgan fingerprint density at radius 1 is 1.28 bits per heavy atom. The fourth-order valence-electron chi connectivity index (χ4n) is 3.09. The summed E-state index contributed by atoms with van der Waals surface area (Å²) in [7, 11) is 2.07. The second-order valence-corrected chi connectivity index (χ2v) is 7.65. The van der Waals surface area contributed by atoms with E-state index in [0.29, 0.717) is 12.1 Å². The summed E-state index contributed by atoms with van der Waals surface area (Å²) < 4.78 is 5.95. The van der Waals surface area contributed by atoms with Crippen LogP contribution in [0.3, 0.4) is 0 Å². The minimum atomic E-state index is -0.00927. The molecule has 0 atom stereocenters. The zero-order valence-corrected chi connectivity index (χ0v) is 15.7. The maximum atomic E-state index is 12.5. The summed E-state index contributed by atoms with van der Waals surface area (Å²) in [5.74, 6) is 0.803. The quantitative estimate of drug-likeness (QED) is 0.849. The summed E-state index contributed by atoms with van der Waals surface area (Å²) in [5.41, 5.74) is 1.96. The third-order valence-electron chi connectivity index (χ3n) is 5.27. The van der Waals surface area contributed by atoms with Crippen molar-refractivity contribution in [3.63, 3.8) is 0 Å². The summed E-state index contributed by atoms with van der Waals surface area (Å²) in [6.45, 7) is 6.76. The van der Waals surface area contributed by atoms with E-state index in [0.717, 1.165) is 49.8 Å². The number of carbonyl (C=O) groups excluding carboxylic acids is 1. The van der Waals surface area contributed by atoms with E-state index in [1.165, 1.54) is 12.8 Å². The molecule has 1 saturated heterocycles. The Kier molecular flexibility index (Phi) is 5.84. The highest BCUT2D eigenvalue weighted by Crippen LogP contribution is 2.30. The average molecular weight is 345 g/mol. The van der Waals surface area contributed by atoms with Gasteiger partial charge in [0.05, 0.1) is 6.10 Å². The molecule has 2 aliphatic rings. The van der Waals surface area contributed by atoms with E-state index in [1.54, 1.807) is 0 Å². The van der Waals surface area contributed by atoms with Gasteiger partial charge in [0.1, 0.15) is 0 Å². The molecule has 1 heterocycles. The summed E-state index contributed by atoms with van der Waals surface area (Å²) in [5, 5.41) is 3.04. The first-order chi connectivity index (χ1) is 12.0. The fraction of sp³-hybridized carbons (Fsp3) is 0.650. The predicted molar refractivity (Wildman–Crippen MR) is 102 cm³/mol. The Labute approximate surface area is 151 Å². The molecule has 1 aliphatic heterocycles. The van der Waals surface area contributed by atoms with Gasteiger partial charge in [0.2, 0.25) is 0 Å². The maximum absolute atomic E-state index is 12.5. The molecule has 5 nitrogen and oxygen atoms in total. The molecule has 2 fully saturated rings. The van der Waals surface area contributed by atoms with Crippen LogP contribution in [0.2, 0.25) is 0 Å². The first-order valence-electron chi connectivity index (χ1n) is 9.53. The Morgan fingerprint density at radius 2 is 2.00 bits per heavy atom. The van der Waals surface area contributed by atoms with Crippen LogP contribution < -0.4 is 10.2 Å². The van der Waals surface area contributed by atoms with E-state index in [2.05, 4.69) is 37.2 Å². The fourth-order valence-corrected chi connectivity index (χ4v) is 3.09. The van der Waals surface area contributed by atoms with Gasteiger partial charge in [-0.15, -0.1) is 0 Å². The monoisotopic (exact) mass is 345 g/mol. The van der Waals surface area contributed by atoms with Crippen LogP contribution in [0.4, 0.5) is 16.2 Å². The summed E-state index contributed by atoms with van der Waals surface area (Å²) in [6, 6.07) is 8.44. The van der Waals surface area contributed by atoms with Crippen LogP contribution in [0.25, 0.3) is 0 Å². The molecule has 0 bridgehead atoms. The number of hydrogen-bond donors (Lipinski definition) is 1. The Hall–Kier alpha value is -1.75. The SMILES string of the molecule is CC(C)N(C)c1cccc(NC(=O)N2CCC(OCC3CC3)CC2)c1. The highest BCUT2D eigenvalue weighted by atomic mass is 16.5. The number of carbonyl (C=O) groups is 1. The standard InChI is InChI=1S/C20H31N3O2/c1-15(2)22(3)18-6-4-5-17(13-18)21-20(24)23-11-9-19(10-12-23)25-14-16-7-8-16/h4-6,13,15-16,19H,7-12,14H2,1-3H3,(H,21,24). The second kappa shape index (κ2) is 8.09. The largest absolute Gasteiger partial charge is 0.378 e. The van der Waals surface area contributed by atoms with Crippen LogP contribution in [0, 0.1) is 5.92 Å². The summed E-state index contributed by atoms with van der Waals surface area (Å²) in [6.07, 6.45) is 4.86. The van der Waals surface area contributed by atoms with Crippen molar-refractivity contribution in [3.8, 4) is 0 Å². The van der Waals surface area contributed by atoms with E-state index < -0.39 is 0 Å². The van der Waals surface area contributed by atoms with Crippen LogP contribution in [0.5, 0.6) is 0 Å². The molecule has 0 radical (unpaired) electrons. The minimum Gasteiger partial charge on any atom is -0.378 e. The number of piperidine rings is 1. The normalized spacial score (nSPS) is 18.5. The average Bonchev–Trinajstić information content (AvgIpc) is 3.44. The van der Waals surface area contributed by atoms with Gasteiger partial charge < -0.3 is 19.9 Å². The van der Waals surface area contributed by atoms with Gasteiger partial charge in [-0.05, 0) is 63.6 Å². The highest BCUT2D eigenvalue weighted by molar-refractivity contribution is 5.90. The number of urea groups is 1. The molecule has 2 amide bonds. The molecule has 5 heteroatoms. The lowest BCUT2D eigenvalue weighted by Crippen LogP contribution is -2.43. The number of nitrogens with one attached hydrogen (secondary N) is 1. The van der Waals surface area contributed by atoms with Gasteiger partial charge in [0.15, 0.2) is 0 Å². The molecule has 25 heavy (non-hydrogen) atoms. The number of benzene rings is 1. The number of amides is 2. The van der Waals surface area contributed by atoms with Crippen molar-refractivity contribution in [2.75, 3.05) is 37.0 Å². The second-order valence-electron chi connectivity index (χ2n) is 7.65. The molecule has 1 aromatic rings. The first-order valence-corrected chi connectivity index (χ1v) is 9.53. The van der Waals surface area contributed by atoms with Crippen molar-refractivity contribution in [1.29, 1.82) is 0 Å². The Balaban J connectivity index is 1.48. The Bertz CT molecular complexity index is 578. The van der Waals surface area contributed by atoms with Crippen LogP contribution in [-0.2, 0) is 4.74 Å². The van der Waals surface area contributed by atoms with Crippen LogP contribution in [0.15, 0.2) is 24.3 Å². The predicted octanol–water partition coefficient (Wildman–Crippen LogP) is 3.95. The minimum absolute atomic E-state index is 0.00927. The Morgan fingerprint density at radius 3 is 2.64 bits per heavy atom. The first kappa shape index (κ1) is 18.1. The van der Waals surface area contributed by atoms with Crippen molar-refractivity contribution >= 4 is 17.4 Å². The smallest absolute Gasteiger partial charge is 0.321 e. The third-order valence-corrected chi connectivity index (χ3v) is 5.27. The van der Waals surface area contributed by atoms with E-state index >= 15 is 0 Å². The number of anilines is 2. The van der Waals surface area contributed by atoms with Crippen molar-refractivity contribution in [1.82, 2.24) is 4.90 Å². The highest BCUT2D eigenvalue weighted by Gasteiger charge is 2.27. The summed E-state index contributed by atoms with van der Waals surface area (Å²) in [4.78, 5) is 16.6. The van der Waals surface area contributed by atoms with E-state index in [-0.39, 0.29) is 6.03 Å². The molecule has 3 rings (SSSR count). The van der Waals surface area contributed by atoms with Gasteiger partial charge in [-0.1, -0.05) is 6.07 Å². The molecule has 1 N–H and O–H groups in total.